The number of aromatic amines is 1. The lowest BCUT2D eigenvalue weighted by atomic mass is 9.99. The molecule has 0 amide bonds. The molecule has 0 saturated heterocycles. The van der Waals surface area contributed by atoms with Gasteiger partial charge in [-0.1, -0.05) is 29.8 Å². The molecule has 2 heterocycles. The van der Waals surface area contributed by atoms with Crippen LogP contribution in [0.1, 0.15) is 23.9 Å². The van der Waals surface area contributed by atoms with E-state index in [9.17, 15) is 9.90 Å². The van der Waals surface area contributed by atoms with Gasteiger partial charge < -0.3 is 14.8 Å². The molecule has 7 heteroatoms. The zero-order valence-electron chi connectivity index (χ0n) is 18.0. The Labute approximate surface area is 180 Å². The van der Waals surface area contributed by atoms with Gasteiger partial charge in [-0.2, -0.15) is 0 Å². The molecule has 1 unspecified atom stereocenters. The van der Waals surface area contributed by atoms with Gasteiger partial charge in [0.25, 0.3) is 5.56 Å². The summed E-state index contributed by atoms with van der Waals surface area (Å²) in [6.45, 7) is 11.4. The Bertz CT molecular complexity index is 1100. The van der Waals surface area contributed by atoms with Crippen molar-refractivity contribution in [3.63, 3.8) is 0 Å². The standard InChI is InChI=1S/C23H29N3O3S/c1-6-23(4,28)14-26(9-10-29-5)12-19-24-21(27)20-18(13-30-22(20)25-19)17-8-7-15(2)11-16(17)3/h6-8,11,13,28H,1,9-10,12,14H2,2-5H3,(H,24,25,27). The van der Waals surface area contributed by atoms with E-state index < -0.39 is 5.60 Å². The molecule has 2 N–H and O–H groups in total. The number of aryl methyl sites for hydroxylation is 2. The Kier molecular flexibility index (Phi) is 6.88. The van der Waals surface area contributed by atoms with Gasteiger partial charge in [-0.05, 0) is 31.9 Å². The lowest BCUT2D eigenvalue weighted by Crippen LogP contribution is -2.41. The van der Waals surface area contributed by atoms with Crippen molar-refractivity contribution in [3.05, 3.63) is 63.5 Å². The van der Waals surface area contributed by atoms with Crippen LogP contribution in [0.2, 0.25) is 0 Å². The SMILES string of the molecule is C=CC(C)(O)CN(CCOC)Cc1nc2scc(-c3ccc(C)cc3C)c2c(=O)[nH]1. The van der Waals surface area contributed by atoms with Gasteiger partial charge in [0.1, 0.15) is 10.7 Å². The molecular weight excluding hydrogens is 398 g/mol. The lowest BCUT2D eigenvalue weighted by Gasteiger charge is -2.28. The highest BCUT2D eigenvalue weighted by molar-refractivity contribution is 7.17. The summed E-state index contributed by atoms with van der Waals surface area (Å²) >= 11 is 1.47. The maximum absolute atomic E-state index is 13.0. The van der Waals surface area contributed by atoms with Crippen LogP contribution in [0.25, 0.3) is 21.3 Å². The van der Waals surface area contributed by atoms with Gasteiger partial charge in [-0.25, -0.2) is 4.98 Å². The van der Waals surface area contributed by atoms with Crippen LogP contribution in [0.4, 0.5) is 0 Å². The second-order valence-corrected chi connectivity index (χ2v) is 8.78. The molecule has 0 bridgehead atoms. The summed E-state index contributed by atoms with van der Waals surface area (Å²) in [4.78, 5) is 23.3. The van der Waals surface area contributed by atoms with Crippen LogP contribution < -0.4 is 5.56 Å². The maximum atomic E-state index is 13.0. The monoisotopic (exact) mass is 427 g/mol. The van der Waals surface area contributed by atoms with Crippen molar-refractivity contribution in [2.45, 2.75) is 32.9 Å². The zero-order chi connectivity index (χ0) is 21.9. The van der Waals surface area contributed by atoms with E-state index in [0.717, 1.165) is 16.7 Å². The number of nitrogens with one attached hydrogen (secondary N) is 1. The summed E-state index contributed by atoms with van der Waals surface area (Å²) in [6, 6.07) is 6.23. The third kappa shape index (κ3) is 5.05. The molecule has 1 atom stereocenters. The van der Waals surface area contributed by atoms with Gasteiger partial charge in [0.05, 0.1) is 24.1 Å². The topological polar surface area (TPSA) is 78.5 Å². The molecule has 2 aromatic heterocycles. The summed E-state index contributed by atoms with van der Waals surface area (Å²) in [6.07, 6.45) is 1.52. The van der Waals surface area contributed by atoms with Gasteiger partial charge in [0.15, 0.2) is 0 Å². The first-order valence-electron chi connectivity index (χ1n) is 9.89. The molecule has 1 aromatic carbocycles. The van der Waals surface area contributed by atoms with Crippen molar-refractivity contribution in [3.8, 4) is 11.1 Å². The zero-order valence-corrected chi connectivity index (χ0v) is 18.8. The molecule has 30 heavy (non-hydrogen) atoms. The summed E-state index contributed by atoms with van der Waals surface area (Å²) in [5.74, 6) is 0.567. The van der Waals surface area contributed by atoms with Crippen molar-refractivity contribution in [1.29, 1.82) is 0 Å². The predicted molar refractivity (Wildman–Crippen MR) is 123 cm³/mol. The number of H-pyrrole nitrogens is 1. The first-order chi connectivity index (χ1) is 14.2. The second-order valence-electron chi connectivity index (χ2n) is 7.93. The number of aromatic nitrogens is 2. The lowest BCUT2D eigenvalue weighted by molar-refractivity contribution is 0.0455. The van der Waals surface area contributed by atoms with E-state index in [4.69, 9.17) is 9.72 Å². The fourth-order valence-electron chi connectivity index (χ4n) is 3.55. The van der Waals surface area contributed by atoms with E-state index in [-0.39, 0.29) is 5.56 Å². The molecule has 0 fully saturated rings. The van der Waals surface area contributed by atoms with Crippen molar-refractivity contribution in [1.82, 2.24) is 14.9 Å². The van der Waals surface area contributed by atoms with E-state index >= 15 is 0 Å². The second kappa shape index (κ2) is 9.22. The number of methoxy groups -OCH3 is 1. The van der Waals surface area contributed by atoms with Crippen LogP contribution in [-0.2, 0) is 11.3 Å². The highest BCUT2D eigenvalue weighted by Crippen LogP contribution is 2.33. The number of thiophene rings is 1. The van der Waals surface area contributed by atoms with Gasteiger partial charge in [0.2, 0.25) is 0 Å². The number of ether oxygens (including phenoxy) is 1. The fourth-order valence-corrected chi connectivity index (χ4v) is 4.50. The smallest absolute Gasteiger partial charge is 0.260 e. The number of fused-ring (bicyclic) bond motifs is 1. The van der Waals surface area contributed by atoms with Crippen LogP contribution in [0.3, 0.4) is 0 Å². The molecule has 0 saturated carbocycles. The van der Waals surface area contributed by atoms with E-state index in [1.54, 1.807) is 14.0 Å². The molecule has 0 aliphatic heterocycles. The average Bonchev–Trinajstić information content (AvgIpc) is 3.10. The first-order valence-corrected chi connectivity index (χ1v) is 10.8. The first kappa shape index (κ1) is 22.4. The minimum atomic E-state index is -1.04. The number of nitrogens with zero attached hydrogens (tertiary/aromatic N) is 2. The fraction of sp³-hybridized carbons (Fsp3) is 0.391. The number of hydrogen-bond acceptors (Lipinski definition) is 6. The third-order valence-electron chi connectivity index (χ3n) is 5.13. The number of benzene rings is 1. The number of hydrogen-bond donors (Lipinski definition) is 2. The highest BCUT2D eigenvalue weighted by Gasteiger charge is 2.22. The maximum Gasteiger partial charge on any atom is 0.260 e. The Balaban J connectivity index is 1.95. The predicted octanol–water partition coefficient (Wildman–Crippen LogP) is 3.65. The van der Waals surface area contributed by atoms with E-state index in [2.05, 4.69) is 43.6 Å². The van der Waals surface area contributed by atoms with Crippen molar-refractivity contribution < 1.29 is 9.84 Å². The Morgan fingerprint density at radius 3 is 2.80 bits per heavy atom. The molecule has 0 spiro atoms. The van der Waals surface area contributed by atoms with Gasteiger partial charge in [0, 0.05) is 31.1 Å². The van der Waals surface area contributed by atoms with E-state index in [1.165, 1.54) is 23.0 Å². The minimum absolute atomic E-state index is 0.145. The molecular formula is C23H29N3O3S. The van der Waals surface area contributed by atoms with Crippen molar-refractivity contribution in [2.24, 2.45) is 0 Å². The molecule has 0 radical (unpaired) electrons. The Morgan fingerprint density at radius 1 is 1.37 bits per heavy atom. The Hall–Kier alpha value is -2.32. The molecule has 0 aliphatic rings. The van der Waals surface area contributed by atoms with Crippen LogP contribution >= 0.6 is 11.3 Å². The van der Waals surface area contributed by atoms with Gasteiger partial charge in [-0.15, -0.1) is 17.9 Å². The van der Waals surface area contributed by atoms with Gasteiger partial charge in [-0.3, -0.25) is 9.69 Å². The van der Waals surface area contributed by atoms with Crippen LogP contribution in [-0.4, -0.2) is 52.4 Å². The molecule has 6 nitrogen and oxygen atoms in total. The summed E-state index contributed by atoms with van der Waals surface area (Å²) in [7, 11) is 1.64. The van der Waals surface area contributed by atoms with Crippen molar-refractivity contribution in [2.75, 3.05) is 26.8 Å². The Morgan fingerprint density at radius 2 is 2.13 bits per heavy atom. The molecule has 3 rings (SSSR count). The summed E-state index contributed by atoms with van der Waals surface area (Å²) < 4.78 is 5.18. The number of aliphatic hydroxyl groups is 1. The van der Waals surface area contributed by atoms with Crippen LogP contribution in [0.15, 0.2) is 41.0 Å². The summed E-state index contributed by atoms with van der Waals surface area (Å²) in [5.41, 5.74) is 3.10. The van der Waals surface area contributed by atoms with E-state index in [0.29, 0.717) is 42.3 Å². The average molecular weight is 428 g/mol. The van der Waals surface area contributed by atoms with E-state index in [1.807, 2.05) is 10.3 Å². The molecule has 160 valence electrons. The third-order valence-corrected chi connectivity index (χ3v) is 6.01. The summed E-state index contributed by atoms with van der Waals surface area (Å²) in [5, 5.41) is 13.0. The number of rotatable bonds is 9. The molecule has 0 aliphatic carbocycles. The quantitative estimate of drug-likeness (QED) is 0.510. The van der Waals surface area contributed by atoms with Gasteiger partial charge >= 0.3 is 0 Å². The molecule has 3 aromatic rings. The minimum Gasteiger partial charge on any atom is -0.385 e. The van der Waals surface area contributed by atoms with Crippen LogP contribution in [0, 0.1) is 13.8 Å². The van der Waals surface area contributed by atoms with Crippen LogP contribution in [0.5, 0.6) is 0 Å². The largest absolute Gasteiger partial charge is 0.385 e. The normalized spacial score (nSPS) is 13.7. The van der Waals surface area contributed by atoms with Crippen molar-refractivity contribution >= 4 is 21.6 Å². The highest BCUT2D eigenvalue weighted by atomic mass is 32.1.